The minimum Gasteiger partial charge on any atom is -0.396 e. The van der Waals surface area contributed by atoms with E-state index in [0.29, 0.717) is 12.5 Å². The molecule has 0 amide bonds. The molecule has 0 aliphatic carbocycles. The number of aromatic nitrogens is 1. The molecular weight excluding hydrogens is 164 g/mol. The lowest BCUT2D eigenvalue weighted by Crippen LogP contribution is -2.47. The Labute approximate surface area is 78.0 Å². The molecule has 3 nitrogen and oxygen atoms in total. The third-order valence-corrected chi connectivity index (χ3v) is 2.45. The molecule has 2 rings (SSSR count). The zero-order chi connectivity index (χ0) is 9.10. The van der Waals surface area contributed by atoms with E-state index in [1.807, 2.05) is 24.5 Å². The van der Waals surface area contributed by atoms with E-state index < -0.39 is 0 Å². The highest BCUT2D eigenvalue weighted by molar-refractivity contribution is 5.10. The molecule has 13 heavy (non-hydrogen) atoms. The van der Waals surface area contributed by atoms with Crippen LogP contribution < -0.4 is 0 Å². The van der Waals surface area contributed by atoms with E-state index in [2.05, 4.69) is 9.88 Å². The van der Waals surface area contributed by atoms with Crippen molar-refractivity contribution in [3.8, 4) is 0 Å². The molecular formula is C10H14N2O. The van der Waals surface area contributed by atoms with Crippen LogP contribution in [0.5, 0.6) is 0 Å². The third kappa shape index (κ3) is 2.05. The van der Waals surface area contributed by atoms with Crippen molar-refractivity contribution in [3.05, 3.63) is 30.1 Å². The number of hydrogen-bond acceptors (Lipinski definition) is 3. The molecule has 3 heteroatoms. The summed E-state index contributed by atoms with van der Waals surface area (Å²) in [6.07, 6.45) is 3.64. The molecule has 1 aromatic heterocycles. The zero-order valence-electron chi connectivity index (χ0n) is 7.56. The largest absolute Gasteiger partial charge is 0.396 e. The van der Waals surface area contributed by atoms with Crippen LogP contribution in [0.2, 0.25) is 0 Å². The molecule has 2 heterocycles. The smallest absolute Gasteiger partial charge is 0.0483 e. The van der Waals surface area contributed by atoms with Gasteiger partial charge < -0.3 is 5.11 Å². The standard InChI is InChI=1S/C10H14N2O/c13-8-10-6-12(7-10)5-9-1-3-11-4-2-9/h1-4,10,13H,5-8H2. The predicted octanol–water partition coefficient (Wildman–Crippen LogP) is 0.506. The van der Waals surface area contributed by atoms with Crippen molar-refractivity contribution in [2.75, 3.05) is 19.7 Å². The van der Waals surface area contributed by atoms with Crippen LogP contribution in [0.1, 0.15) is 5.56 Å². The molecule has 1 saturated heterocycles. The van der Waals surface area contributed by atoms with Gasteiger partial charge in [-0.25, -0.2) is 0 Å². The average molecular weight is 178 g/mol. The number of aliphatic hydroxyl groups excluding tert-OH is 1. The van der Waals surface area contributed by atoms with E-state index in [4.69, 9.17) is 5.11 Å². The second-order valence-corrected chi connectivity index (χ2v) is 3.60. The van der Waals surface area contributed by atoms with Crippen molar-refractivity contribution in [1.29, 1.82) is 0 Å². The van der Waals surface area contributed by atoms with Crippen LogP contribution >= 0.6 is 0 Å². The van der Waals surface area contributed by atoms with Crippen molar-refractivity contribution in [2.24, 2.45) is 5.92 Å². The maximum Gasteiger partial charge on any atom is 0.0483 e. The zero-order valence-corrected chi connectivity index (χ0v) is 7.56. The lowest BCUT2D eigenvalue weighted by molar-refractivity contribution is 0.0479. The van der Waals surface area contributed by atoms with E-state index in [0.717, 1.165) is 19.6 Å². The lowest BCUT2D eigenvalue weighted by atomic mass is 10.0. The molecule has 1 aliphatic rings. The maximum absolute atomic E-state index is 8.83. The maximum atomic E-state index is 8.83. The Morgan fingerprint density at radius 2 is 2.08 bits per heavy atom. The van der Waals surface area contributed by atoms with Crippen molar-refractivity contribution >= 4 is 0 Å². The second kappa shape index (κ2) is 3.85. The molecule has 0 aromatic carbocycles. The van der Waals surface area contributed by atoms with Gasteiger partial charge in [0.05, 0.1) is 0 Å². The van der Waals surface area contributed by atoms with Gasteiger partial charge in [0.25, 0.3) is 0 Å². The van der Waals surface area contributed by atoms with Crippen LogP contribution in [-0.2, 0) is 6.54 Å². The third-order valence-electron chi connectivity index (χ3n) is 2.45. The van der Waals surface area contributed by atoms with Crippen LogP contribution in [0.3, 0.4) is 0 Å². The minimum absolute atomic E-state index is 0.326. The van der Waals surface area contributed by atoms with Gasteiger partial charge in [-0.15, -0.1) is 0 Å². The summed E-state index contributed by atoms with van der Waals surface area (Å²) in [5.74, 6) is 0.502. The van der Waals surface area contributed by atoms with Crippen LogP contribution in [0.15, 0.2) is 24.5 Å². The van der Waals surface area contributed by atoms with Crippen molar-refractivity contribution in [1.82, 2.24) is 9.88 Å². The van der Waals surface area contributed by atoms with Gasteiger partial charge in [0.2, 0.25) is 0 Å². The number of likely N-dealkylation sites (tertiary alicyclic amines) is 1. The van der Waals surface area contributed by atoms with Gasteiger partial charge in [-0.05, 0) is 17.7 Å². The molecule has 0 radical (unpaired) electrons. The Morgan fingerprint density at radius 3 is 2.69 bits per heavy atom. The highest BCUT2D eigenvalue weighted by atomic mass is 16.3. The van der Waals surface area contributed by atoms with Gasteiger partial charge in [-0.2, -0.15) is 0 Å². The summed E-state index contributed by atoms with van der Waals surface area (Å²) in [6, 6.07) is 4.07. The average Bonchev–Trinajstić information content (AvgIpc) is 2.12. The summed E-state index contributed by atoms with van der Waals surface area (Å²) >= 11 is 0. The SMILES string of the molecule is OCC1CN(Cc2ccncc2)C1. The monoisotopic (exact) mass is 178 g/mol. The summed E-state index contributed by atoms with van der Waals surface area (Å²) in [7, 11) is 0. The topological polar surface area (TPSA) is 36.4 Å². The van der Waals surface area contributed by atoms with Gasteiger partial charge in [-0.1, -0.05) is 0 Å². The fourth-order valence-electron chi connectivity index (χ4n) is 1.67. The summed E-state index contributed by atoms with van der Waals surface area (Å²) in [5, 5.41) is 8.83. The van der Waals surface area contributed by atoms with E-state index in [1.54, 1.807) is 0 Å². The Kier molecular flexibility index (Phi) is 2.57. The highest BCUT2D eigenvalue weighted by Gasteiger charge is 2.25. The van der Waals surface area contributed by atoms with Gasteiger partial charge >= 0.3 is 0 Å². The fraction of sp³-hybridized carbons (Fsp3) is 0.500. The Hall–Kier alpha value is -0.930. The molecule has 1 aromatic rings. The predicted molar refractivity (Wildman–Crippen MR) is 50.1 cm³/mol. The van der Waals surface area contributed by atoms with Crippen LogP contribution in [0, 0.1) is 5.92 Å². The Balaban J connectivity index is 1.81. The minimum atomic E-state index is 0.326. The van der Waals surface area contributed by atoms with Crippen molar-refractivity contribution in [2.45, 2.75) is 6.54 Å². The highest BCUT2D eigenvalue weighted by Crippen LogP contribution is 2.17. The number of rotatable bonds is 3. The molecule has 70 valence electrons. The summed E-state index contributed by atoms with van der Waals surface area (Å²) < 4.78 is 0. The fourth-order valence-corrected chi connectivity index (χ4v) is 1.67. The first kappa shape index (κ1) is 8.66. The van der Waals surface area contributed by atoms with E-state index in [1.165, 1.54) is 5.56 Å². The van der Waals surface area contributed by atoms with Gasteiger partial charge in [0.1, 0.15) is 0 Å². The first-order chi connectivity index (χ1) is 6.38. The number of nitrogens with zero attached hydrogens (tertiary/aromatic N) is 2. The lowest BCUT2D eigenvalue weighted by Gasteiger charge is -2.38. The quantitative estimate of drug-likeness (QED) is 0.732. The number of hydrogen-bond donors (Lipinski definition) is 1. The van der Waals surface area contributed by atoms with Crippen molar-refractivity contribution < 1.29 is 5.11 Å². The molecule has 1 aliphatic heterocycles. The van der Waals surface area contributed by atoms with E-state index in [9.17, 15) is 0 Å². The van der Waals surface area contributed by atoms with Crippen LogP contribution in [0.4, 0.5) is 0 Å². The summed E-state index contributed by atoms with van der Waals surface area (Å²) in [6.45, 7) is 3.36. The summed E-state index contributed by atoms with van der Waals surface area (Å²) in [5.41, 5.74) is 1.30. The van der Waals surface area contributed by atoms with Gasteiger partial charge in [0.15, 0.2) is 0 Å². The van der Waals surface area contributed by atoms with E-state index in [-0.39, 0.29) is 0 Å². The molecule has 1 fully saturated rings. The molecule has 0 spiro atoms. The van der Waals surface area contributed by atoms with Crippen LogP contribution in [0.25, 0.3) is 0 Å². The van der Waals surface area contributed by atoms with Gasteiger partial charge in [-0.3, -0.25) is 9.88 Å². The molecule has 0 bridgehead atoms. The molecule has 0 unspecified atom stereocenters. The molecule has 0 saturated carbocycles. The number of pyridine rings is 1. The Morgan fingerprint density at radius 1 is 1.38 bits per heavy atom. The van der Waals surface area contributed by atoms with E-state index >= 15 is 0 Å². The normalized spacial score (nSPS) is 18.5. The second-order valence-electron chi connectivity index (χ2n) is 3.60. The Bertz CT molecular complexity index is 257. The molecule has 1 N–H and O–H groups in total. The van der Waals surface area contributed by atoms with Crippen molar-refractivity contribution in [3.63, 3.8) is 0 Å². The number of aliphatic hydroxyl groups is 1. The van der Waals surface area contributed by atoms with Gasteiger partial charge in [0, 0.05) is 44.6 Å². The molecule has 0 atom stereocenters. The first-order valence-corrected chi connectivity index (χ1v) is 4.60. The first-order valence-electron chi connectivity index (χ1n) is 4.60. The van der Waals surface area contributed by atoms with Crippen LogP contribution in [-0.4, -0.2) is 34.7 Å². The summed E-state index contributed by atoms with van der Waals surface area (Å²) in [4.78, 5) is 6.30.